The first-order chi connectivity index (χ1) is 9.70. The van der Waals surface area contributed by atoms with E-state index < -0.39 is 0 Å². The molecule has 2 saturated heterocycles. The van der Waals surface area contributed by atoms with Crippen molar-refractivity contribution in [3.05, 3.63) is 29.0 Å². The van der Waals surface area contributed by atoms with Crippen LogP contribution in [-0.2, 0) is 4.74 Å². The molecule has 0 radical (unpaired) electrons. The van der Waals surface area contributed by atoms with Crippen LogP contribution in [0.2, 0.25) is 5.02 Å². The van der Waals surface area contributed by atoms with E-state index in [1.807, 2.05) is 0 Å². The van der Waals surface area contributed by atoms with Gasteiger partial charge in [-0.2, -0.15) is 4.98 Å². The summed E-state index contributed by atoms with van der Waals surface area (Å²) in [5.74, 6) is 1.42. The number of anilines is 1. The van der Waals surface area contributed by atoms with E-state index in [4.69, 9.17) is 26.6 Å². The predicted octanol–water partition coefficient (Wildman–Crippen LogP) is 3.01. The monoisotopic (exact) mass is 291 g/mol. The zero-order valence-electron chi connectivity index (χ0n) is 10.8. The van der Waals surface area contributed by atoms with Crippen molar-refractivity contribution >= 4 is 17.3 Å². The molecule has 2 fully saturated rings. The van der Waals surface area contributed by atoms with Crippen molar-refractivity contribution in [2.45, 2.75) is 37.4 Å². The summed E-state index contributed by atoms with van der Waals surface area (Å²) >= 11 is 5.89. The number of hydrogen-bond acceptors (Lipinski definition) is 5. The molecular formula is C14H14ClN3O2. The topological polar surface area (TPSA) is 74.2 Å². The molecule has 1 aromatic carbocycles. The van der Waals surface area contributed by atoms with Crippen LogP contribution in [0.5, 0.6) is 0 Å². The fourth-order valence-corrected chi connectivity index (χ4v) is 3.31. The quantitative estimate of drug-likeness (QED) is 0.861. The van der Waals surface area contributed by atoms with E-state index in [1.165, 1.54) is 0 Å². The maximum absolute atomic E-state index is 5.94. The minimum absolute atomic E-state index is 0.244. The van der Waals surface area contributed by atoms with Crippen LogP contribution in [0, 0.1) is 0 Å². The normalized spacial score (nSPS) is 28.1. The summed E-state index contributed by atoms with van der Waals surface area (Å²) in [5.41, 5.74) is 7.20. The van der Waals surface area contributed by atoms with Crippen LogP contribution in [0.3, 0.4) is 0 Å². The summed E-state index contributed by atoms with van der Waals surface area (Å²) in [6, 6.07) is 5.24. The average Bonchev–Trinajstić information content (AvgIpc) is 3.14. The Morgan fingerprint density at radius 1 is 1.30 bits per heavy atom. The first kappa shape index (κ1) is 12.2. The first-order valence-electron chi connectivity index (χ1n) is 6.75. The van der Waals surface area contributed by atoms with Crippen molar-refractivity contribution in [3.63, 3.8) is 0 Å². The van der Waals surface area contributed by atoms with Gasteiger partial charge >= 0.3 is 0 Å². The molecule has 2 N–H and O–H groups in total. The summed E-state index contributed by atoms with van der Waals surface area (Å²) < 4.78 is 11.2. The SMILES string of the molecule is Nc1cc(Cl)ccc1-c1nc(C2CC3CCC2O3)no1. The van der Waals surface area contributed by atoms with E-state index in [9.17, 15) is 0 Å². The average molecular weight is 292 g/mol. The van der Waals surface area contributed by atoms with Crippen molar-refractivity contribution in [1.29, 1.82) is 0 Å². The summed E-state index contributed by atoms with van der Waals surface area (Å²) in [6.07, 6.45) is 3.83. The third-order valence-corrected chi connectivity index (χ3v) is 4.36. The van der Waals surface area contributed by atoms with Gasteiger partial charge < -0.3 is 15.0 Å². The molecule has 0 spiro atoms. The van der Waals surface area contributed by atoms with Crippen molar-refractivity contribution in [2.24, 2.45) is 0 Å². The van der Waals surface area contributed by atoms with Crippen molar-refractivity contribution in [1.82, 2.24) is 10.1 Å². The van der Waals surface area contributed by atoms with Crippen molar-refractivity contribution < 1.29 is 9.26 Å². The molecule has 20 heavy (non-hydrogen) atoms. The van der Waals surface area contributed by atoms with Crippen LogP contribution in [0.15, 0.2) is 22.7 Å². The predicted molar refractivity (Wildman–Crippen MR) is 74.4 cm³/mol. The zero-order chi connectivity index (χ0) is 13.7. The van der Waals surface area contributed by atoms with Crippen LogP contribution < -0.4 is 5.73 Å². The van der Waals surface area contributed by atoms with Crippen molar-refractivity contribution in [2.75, 3.05) is 5.73 Å². The molecular weight excluding hydrogens is 278 g/mol. The van der Waals surface area contributed by atoms with Crippen LogP contribution in [-0.4, -0.2) is 22.3 Å². The molecule has 6 heteroatoms. The molecule has 104 valence electrons. The third kappa shape index (κ3) is 1.89. The lowest BCUT2D eigenvalue weighted by Crippen LogP contribution is -2.15. The summed E-state index contributed by atoms with van der Waals surface area (Å²) in [7, 11) is 0. The van der Waals surface area contributed by atoms with E-state index in [2.05, 4.69) is 10.1 Å². The minimum atomic E-state index is 0.244. The van der Waals surface area contributed by atoms with Gasteiger partial charge in [0.15, 0.2) is 5.82 Å². The Labute approximate surface area is 121 Å². The van der Waals surface area contributed by atoms with Gasteiger partial charge in [-0.25, -0.2) is 0 Å². The van der Waals surface area contributed by atoms with Crippen LogP contribution >= 0.6 is 11.6 Å². The second-order valence-corrected chi connectivity index (χ2v) is 5.84. The molecule has 5 nitrogen and oxygen atoms in total. The molecule has 2 aliphatic heterocycles. The lowest BCUT2D eigenvalue weighted by molar-refractivity contribution is 0.0996. The maximum atomic E-state index is 5.94. The Balaban J connectivity index is 1.65. The molecule has 0 aliphatic carbocycles. The second-order valence-electron chi connectivity index (χ2n) is 5.41. The Bertz CT molecular complexity index is 658. The summed E-state index contributed by atoms with van der Waals surface area (Å²) in [6.45, 7) is 0. The number of nitrogens with zero attached hydrogens (tertiary/aromatic N) is 2. The van der Waals surface area contributed by atoms with Gasteiger partial charge in [-0.15, -0.1) is 0 Å². The number of rotatable bonds is 2. The van der Waals surface area contributed by atoms with E-state index >= 15 is 0 Å². The lowest BCUT2D eigenvalue weighted by Gasteiger charge is -2.13. The summed E-state index contributed by atoms with van der Waals surface area (Å²) in [4.78, 5) is 4.49. The molecule has 3 unspecified atom stereocenters. The number of nitrogens with two attached hydrogens (primary N) is 1. The number of ether oxygens (including phenoxy) is 1. The standard InChI is InChI=1S/C14H14ClN3O2/c15-7-1-3-9(11(16)5-7)14-17-13(18-20-14)10-6-8-2-4-12(10)19-8/h1,3,5,8,10,12H,2,4,6,16H2. The van der Waals surface area contributed by atoms with Crippen molar-refractivity contribution in [3.8, 4) is 11.5 Å². The molecule has 0 amide bonds. The summed E-state index contributed by atoms with van der Waals surface area (Å²) in [5, 5.41) is 4.69. The molecule has 3 atom stereocenters. The highest BCUT2D eigenvalue weighted by Crippen LogP contribution is 2.43. The second kappa shape index (κ2) is 4.46. The van der Waals surface area contributed by atoms with Gasteiger partial charge in [0.25, 0.3) is 5.89 Å². The Morgan fingerprint density at radius 3 is 2.90 bits per heavy atom. The van der Waals surface area contributed by atoms with E-state index in [-0.39, 0.29) is 12.0 Å². The fraction of sp³-hybridized carbons (Fsp3) is 0.429. The van der Waals surface area contributed by atoms with Crippen LogP contribution in [0.4, 0.5) is 5.69 Å². The fourth-order valence-electron chi connectivity index (χ4n) is 3.13. The van der Waals surface area contributed by atoms with Gasteiger partial charge in [-0.3, -0.25) is 0 Å². The van der Waals surface area contributed by atoms with Gasteiger partial charge in [0.2, 0.25) is 0 Å². The van der Waals surface area contributed by atoms with Gasteiger partial charge in [0, 0.05) is 10.7 Å². The molecule has 3 heterocycles. The molecule has 2 aliphatic rings. The maximum Gasteiger partial charge on any atom is 0.260 e. The molecule has 2 bridgehead atoms. The first-order valence-corrected chi connectivity index (χ1v) is 7.13. The Kier molecular flexibility index (Phi) is 2.72. The van der Waals surface area contributed by atoms with Gasteiger partial charge in [-0.05, 0) is 37.5 Å². The van der Waals surface area contributed by atoms with E-state index in [1.54, 1.807) is 18.2 Å². The largest absolute Gasteiger partial charge is 0.398 e. The number of halogens is 1. The van der Waals surface area contributed by atoms with Gasteiger partial charge in [0.05, 0.1) is 23.7 Å². The zero-order valence-corrected chi connectivity index (χ0v) is 11.5. The third-order valence-electron chi connectivity index (χ3n) is 4.12. The number of benzene rings is 1. The number of fused-ring (bicyclic) bond motifs is 2. The van der Waals surface area contributed by atoms with Crippen LogP contribution in [0.1, 0.15) is 31.0 Å². The number of hydrogen-bond donors (Lipinski definition) is 1. The molecule has 4 rings (SSSR count). The molecule has 0 saturated carbocycles. The Hall–Kier alpha value is -1.59. The minimum Gasteiger partial charge on any atom is -0.398 e. The van der Waals surface area contributed by atoms with E-state index in [0.717, 1.165) is 30.7 Å². The highest BCUT2D eigenvalue weighted by Gasteiger charge is 2.43. The van der Waals surface area contributed by atoms with E-state index in [0.29, 0.717) is 22.7 Å². The molecule has 2 aromatic rings. The smallest absolute Gasteiger partial charge is 0.260 e. The lowest BCUT2D eigenvalue weighted by atomic mass is 9.89. The highest BCUT2D eigenvalue weighted by molar-refractivity contribution is 6.31. The molecule has 1 aromatic heterocycles. The number of aromatic nitrogens is 2. The Morgan fingerprint density at radius 2 is 2.20 bits per heavy atom. The van der Waals surface area contributed by atoms with Crippen LogP contribution in [0.25, 0.3) is 11.5 Å². The highest BCUT2D eigenvalue weighted by atomic mass is 35.5. The van der Waals surface area contributed by atoms with Gasteiger partial charge in [0.1, 0.15) is 0 Å². The van der Waals surface area contributed by atoms with Gasteiger partial charge in [-0.1, -0.05) is 16.8 Å². The number of nitrogen functional groups attached to an aromatic ring is 1.